The van der Waals surface area contributed by atoms with Gasteiger partial charge in [-0.25, -0.2) is 4.79 Å². The molecule has 210 valence electrons. The molecule has 0 fully saturated rings. The molecule has 0 aliphatic rings. The molecule has 6 nitrogen and oxygen atoms in total. The van der Waals surface area contributed by atoms with Crippen molar-refractivity contribution in [2.24, 2.45) is 0 Å². The molecule has 0 N–H and O–H groups in total. The van der Waals surface area contributed by atoms with Crippen LogP contribution in [0.2, 0.25) is 0 Å². The van der Waals surface area contributed by atoms with E-state index in [1.807, 2.05) is 20.2 Å². The van der Waals surface area contributed by atoms with E-state index in [2.05, 4.69) is 21.5 Å². The molecular formula is C30H56N2O4. The monoisotopic (exact) mass is 508 g/mol. The molecule has 0 bridgehead atoms. The van der Waals surface area contributed by atoms with Gasteiger partial charge in [0.15, 0.2) is 0 Å². The van der Waals surface area contributed by atoms with Gasteiger partial charge in [0.1, 0.15) is 6.29 Å². The van der Waals surface area contributed by atoms with Gasteiger partial charge in [-0.1, -0.05) is 70.8 Å². The van der Waals surface area contributed by atoms with Gasteiger partial charge in [0, 0.05) is 31.5 Å². The first kappa shape index (κ1) is 34.3. The van der Waals surface area contributed by atoms with Crippen LogP contribution in [0, 0.1) is 0 Å². The minimum Gasteiger partial charge on any atom is -0.466 e. The maximum atomic E-state index is 13.3. The molecule has 0 aliphatic heterocycles. The van der Waals surface area contributed by atoms with Gasteiger partial charge in [0.2, 0.25) is 5.91 Å². The molecule has 36 heavy (non-hydrogen) atoms. The Hall–Kier alpha value is -1.69. The van der Waals surface area contributed by atoms with E-state index < -0.39 is 0 Å². The highest BCUT2D eigenvalue weighted by molar-refractivity contribution is 5.81. The second-order valence-corrected chi connectivity index (χ2v) is 10.3. The van der Waals surface area contributed by atoms with E-state index >= 15 is 0 Å². The van der Waals surface area contributed by atoms with Crippen molar-refractivity contribution in [2.45, 2.75) is 129 Å². The van der Waals surface area contributed by atoms with Crippen molar-refractivity contribution in [1.29, 1.82) is 0 Å². The number of ether oxygens (including phenoxy) is 1. The lowest BCUT2D eigenvalue weighted by Crippen LogP contribution is -2.41. The Kier molecular flexibility index (Phi) is 23.8. The number of unbranched alkanes of at least 4 members (excludes halogenated alkanes) is 11. The van der Waals surface area contributed by atoms with Crippen LogP contribution in [0.15, 0.2) is 12.2 Å². The molecule has 6 heteroatoms. The summed E-state index contributed by atoms with van der Waals surface area (Å²) in [6, 6.07) is 0.262. The average molecular weight is 509 g/mol. The highest BCUT2D eigenvalue weighted by Crippen LogP contribution is 2.21. The van der Waals surface area contributed by atoms with Crippen LogP contribution in [0.25, 0.3) is 0 Å². The van der Waals surface area contributed by atoms with Gasteiger partial charge >= 0.3 is 5.97 Å². The van der Waals surface area contributed by atoms with Gasteiger partial charge in [0.25, 0.3) is 0 Å². The number of esters is 1. The highest BCUT2D eigenvalue weighted by atomic mass is 16.5. The summed E-state index contributed by atoms with van der Waals surface area (Å²) in [5.41, 5.74) is 0. The fourth-order valence-corrected chi connectivity index (χ4v) is 4.57. The minimum atomic E-state index is -0.313. The zero-order valence-corrected chi connectivity index (χ0v) is 24.0. The summed E-state index contributed by atoms with van der Waals surface area (Å²) in [5.74, 6) is -0.0505. The van der Waals surface area contributed by atoms with Gasteiger partial charge in [-0.2, -0.15) is 0 Å². The smallest absolute Gasteiger partial charge is 0.330 e. The maximum Gasteiger partial charge on any atom is 0.330 e. The summed E-state index contributed by atoms with van der Waals surface area (Å²) in [6.45, 7) is 3.92. The second kappa shape index (κ2) is 25.0. The Balaban J connectivity index is 4.96. The Morgan fingerprint density at radius 2 is 1.39 bits per heavy atom. The highest BCUT2D eigenvalue weighted by Gasteiger charge is 2.22. The quantitative estimate of drug-likeness (QED) is 0.0593. The molecule has 0 saturated heterocycles. The predicted molar refractivity (Wildman–Crippen MR) is 150 cm³/mol. The number of aldehydes is 1. The number of amides is 1. The van der Waals surface area contributed by atoms with E-state index in [9.17, 15) is 14.4 Å². The largest absolute Gasteiger partial charge is 0.466 e. The van der Waals surface area contributed by atoms with Crippen LogP contribution in [0.4, 0.5) is 0 Å². The van der Waals surface area contributed by atoms with E-state index in [1.54, 1.807) is 0 Å². The molecule has 0 spiro atoms. The molecule has 0 aromatic heterocycles. The Bertz CT molecular complexity index is 577. The number of rotatable bonds is 25. The van der Waals surface area contributed by atoms with Gasteiger partial charge in [-0.15, -0.1) is 0 Å². The van der Waals surface area contributed by atoms with Crippen molar-refractivity contribution < 1.29 is 19.1 Å². The molecule has 1 atom stereocenters. The van der Waals surface area contributed by atoms with Crippen LogP contribution in [-0.2, 0) is 19.1 Å². The Morgan fingerprint density at radius 1 is 0.778 bits per heavy atom. The standard InChI is InChI=1S/C30H56N2O4/c1-5-6-7-8-9-10-11-15-21-28(22-16-12-13-17-24-30(35)36-4)32(26-18-14-19-27-33)29(34)23-20-25-31(2)3/h17,24,27-28H,5-16,18-23,25-26H2,1-4H3. The van der Waals surface area contributed by atoms with Crippen LogP contribution >= 0.6 is 0 Å². The third kappa shape index (κ3) is 20.5. The summed E-state index contributed by atoms with van der Waals surface area (Å²) >= 11 is 0. The molecule has 1 unspecified atom stereocenters. The summed E-state index contributed by atoms with van der Waals surface area (Å²) in [6.07, 6.45) is 23.3. The van der Waals surface area contributed by atoms with Crippen molar-refractivity contribution in [3.63, 3.8) is 0 Å². The molecular weight excluding hydrogens is 452 g/mol. The van der Waals surface area contributed by atoms with Gasteiger partial charge < -0.3 is 19.3 Å². The van der Waals surface area contributed by atoms with Gasteiger partial charge in [-0.3, -0.25) is 4.79 Å². The van der Waals surface area contributed by atoms with Crippen molar-refractivity contribution in [2.75, 3.05) is 34.3 Å². The molecule has 0 radical (unpaired) electrons. The normalized spacial score (nSPS) is 12.2. The Labute approximate surface area is 222 Å². The van der Waals surface area contributed by atoms with Crippen LogP contribution in [0.3, 0.4) is 0 Å². The average Bonchev–Trinajstić information content (AvgIpc) is 2.86. The van der Waals surface area contributed by atoms with E-state index in [0.29, 0.717) is 12.8 Å². The lowest BCUT2D eigenvalue weighted by molar-refractivity contribution is -0.135. The zero-order valence-electron chi connectivity index (χ0n) is 24.0. The third-order valence-corrected chi connectivity index (χ3v) is 6.73. The van der Waals surface area contributed by atoms with Crippen molar-refractivity contribution in [1.82, 2.24) is 9.80 Å². The second-order valence-electron chi connectivity index (χ2n) is 10.3. The molecule has 0 heterocycles. The van der Waals surface area contributed by atoms with Crippen molar-refractivity contribution in [3.8, 4) is 0 Å². The van der Waals surface area contributed by atoms with Crippen LogP contribution in [0.1, 0.15) is 122 Å². The van der Waals surface area contributed by atoms with E-state index in [-0.39, 0.29) is 17.9 Å². The first-order valence-corrected chi connectivity index (χ1v) is 14.6. The first-order chi connectivity index (χ1) is 17.5. The van der Waals surface area contributed by atoms with Gasteiger partial charge in [0.05, 0.1) is 7.11 Å². The lowest BCUT2D eigenvalue weighted by atomic mass is 9.98. The third-order valence-electron chi connectivity index (χ3n) is 6.73. The maximum absolute atomic E-state index is 13.3. The molecule has 0 saturated carbocycles. The van der Waals surface area contributed by atoms with Crippen molar-refractivity contribution >= 4 is 18.2 Å². The van der Waals surface area contributed by atoms with E-state index in [1.165, 1.54) is 58.1 Å². The minimum absolute atomic E-state index is 0.262. The molecule has 0 aromatic carbocycles. The number of carbonyl (C=O) groups is 3. The number of nitrogens with zero attached hydrogens (tertiary/aromatic N) is 2. The topological polar surface area (TPSA) is 66.9 Å². The molecule has 1 amide bonds. The first-order valence-electron chi connectivity index (χ1n) is 14.6. The number of hydrogen-bond donors (Lipinski definition) is 0. The zero-order chi connectivity index (χ0) is 26.9. The molecule has 0 aromatic rings. The van der Waals surface area contributed by atoms with Crippen LogP contribution < -0.4 is 0 Å². The SMILES string of the molecule is CCCCCCCCCCC(CCCCC=CC(=O)OC)N(CCCCC=O)C(=O)CCCN(C)C. The number of hydrogen-bond acceptors (Lipinski definition) is 5. The lowest BCUT2D eigenvalue weighted by Gasteiger charge is -2.33. The van der Waals surface area contributed by atoms with E-state index in [4.69, 9.17) is 0 Å². The molecule has 0 aliphatic carbocycles. The predicted octanol–water partition coefficient (Wildman–Crippen LogP) is 6.72. The van der Waals surface area contributed by atoms with E-state index in [0.717, 1.165) is 77.2 Å². The van der Waals surface area contributed by atoms with Crippen LogP contribution in [-0.4, -0.2) is 68.3 Å². The summed E-state index contributed by atoms with van der Waals surface area (Å²) < 4.78 is 4.65. The summed E-state index contributed by atoms with van der Waals surface area (Å²) in [7, 11) is 5.48. The molecule has 0 rings (SSSR count). The summed E-state index contributed by atoms with van der Waals surface area (Å²) in [5, 5.41) is 0. The van der Waals surface area contributed by atoms with Gasteiger partial charge in [-0.05, 0) is 65.6 Å². The van der Waals surface area contributed by atoms with Crippen molar-refractivity contribution in [3.05, 3.63) is 12.2 Å². The van der Waals surface area contributed by atoms with Crippen LogP contribution in [0.5, 0.6) is 0 Å². The number of allylic oxidation sites excluding steroid dienone is 1. The fourth-order valence-electron chi connectivity index (χ4n) is 4.57. The number of carbonyl (C=O) groups excluding carboxylic acids is 3. The summed E-state index contributed by atoms with van der Waals surface area (Å²) in [4.78, 5) is 39.6. The number of methoxy groups -OCH3 is 1. The fraction of sp³-hybridized carbons (Fsp3) is 0.833. The Morgan fingerprint density at radius 3 is 2.00 bits per heavy atom.